The quantitative estimate of drug-likeness (QED) is 0.632. The van der Waals surface area contributed by atoms with Crippen LogP contribution in [0.2, 0.25) is 0 Å². The molecule has 0 fully saturated rings. The minimum Gasteiger partial charge on any atom is -0.144 e. The van der Waals surface area contributed by atoms with Gasteiger partial charge in [-0.15, -0.1) is 11.3 Å². The van der Waals surface area contributed by atoms with Crippen molar-refractivity contribution >= 4 is 22.5 Å². The van der Waals surface area contributed by atoms with E-state index in [0.717, 1.165) is 11.1 Å². The van der Waals surface area contributed by atoms with Gasteiger partial charge in [0.25, 0.3) is 0 Å². The van der Waals surface area contributed by atoms with Gasteiger partial charge in [0, 0.05) is 4.88 Å². The van der Waals surface area contributed by atoms with Gasteiger partial charge in [-0.25, -0.2) is 0 Å². The fourth-order valence-corrected chi connectivity index (χ4v) is 1.89. The van der Waals surface area contributed by atoms with Crippen molar-refractivity contribution in [2.24, 2.45) is 0 Å². The summed E-state index contributed by atoms with van der Waals surface area (Å²) in [4.78, 5) is 1.26. The molecule has 0 radical (unpaired) electrons. The molecule has 72 valence electrons. The van der Waals surface area contributed by atoms with Crippen molar-refractivity contribution in [2.75, 3.05) is 0 Å². The molecule has 0 saturated carbocycles. The molecule has 1 rings (SSSR count). The number of hydrogen-bond donors (Lipinski definition) is 0. The van der Waals surface area contributed by atoms with Crippen LogP contribution in [0.3, 0.4) is 0 Å². The summed E-state index contributed by atoms with van der Waals surface area (Å²) in [6.07, 6.45) is 0. The lowest BCUT2D eigenvalue weighted by Crippen LogP contribution is -1.78. The molecule has 0 spiro atoms. The zero-order valence-corrected chi connectivity index (χ0v) is 9.79. The Morgan fingerprint density at radius 3 is 2.00 bits per heavy atom. The predicted molar refractivity (Wildman–Crippen MR) is 65.1 cm³/mol. The summed E-state index contributed by atoms with van der Waals surface area (Å²) in [6.45, 7) is 15.9. The largest absolute Gasteiger partial charge is 0.144 e. The topological polar surface area (TPSA) is 0 Å². The van der Waals surface area contributed by atoms with Crippen LogP contribution in [0.25, 0.3) is 11.1 Å². The maximum Gasteiger partial charge on any atom is 0.0368 e. The van der Waals surface area contributed by atoms with Crippen LogP contribution in [0, 0.1) is 0 Å². The van der Waals surface area contributed by atoms with Crippen molar-refractivity contribution < 1.29 is 0 Å². The lowest BCUT2D eigenvalue weighted by molar-refractivity contribution is 1.50. The van der Waals surface area contributed by atoms with Crippen LogP contribution in [0.5, 0.6) is 0 Å². The zero-order chi connectivity index (χ0) is 10.4. The summed E-state index contributed by atoms with van der Waals surface area (Å²) < 4.78 is 0. The van der Waals surface area contributed by atoms with Crippen molar-refractivity contribution in [3.8, 4) is 0 Å². The monoisotopic (exact) mass is 194 g/mol. The molecule has 0 aliphatic rings. The highest BCUT2D eigenvalue weighted by atomic mass is 32.1. The van der Waals surface area contributed by atoms with Gasteiger partial charge in [0.2, 0.25) is 0 Å². The van der Waals surface area contributed by atoms with Gasteiger partial charge in [-0.05, 0) is 42.0 Å². The van der Waals surface area contributed by atoms with Crippen LogP contribution in [0.4, 0.5) is 0 Å². The van der Waals surface area contributed by atoms with Gasteiger partial charge in [-0.3, -0.25) is 0 Å². The molecule has 0 atom stereocenters. The average molecular weight is 194 g/mol. The first-order valence-corrected chi connectivity index (χ1v) is 5.40. The van der Waals surface area contributed by atoms with Gasteiger partial charge in [0.1, 0.15) is 0 Å². The van der Waals surface area contributed by atoms with E-state index < -0.39 is 0 Å². The first kappa shape index (κ1) is 12.2. The highest BCUT2D eigenvalue weighted by Gasteiger charge is 2.03. The summed E-state index contributed by atoms with van der Waals surface area (Å²) in [5.41, 5.74) is 3.48. The molecule has 0 aliphatic heterocycles. The maximum atomic E-state index is 3.91. The Kier molecular flexibility index (Phi) is 5.40. The molecular weight excluding hydrogens is 176 g/mol. The van der Waals surface area contributed by atoms with E-state index in [1.54, 1.807) is 11.3 Å². The molecule has 13 heavy (non-hydrogen) atoms. The van der Waals surface area contributed by atoms with E-state index in [9.17, 15) is 0 Å². The fraction of sp³-hybridized carbons (Fsp3) is 0.333. The molecule has 0 bridgehead atoms. The standard InChI is InChI=1S/C10H12S.C2H6/c1-7(2)9-5-6-11-10(9)8(3)4;1-2/h5-6H,1,3H2,2,4H3;1-2H3. The van der Waals surface area contributed by atoms with Crippen LogP contribution in [-0.2, 0) is 0 Å². The summed E-state index contributed by atoms with van der Waals surface area (Å²) >= 11 is 1.73. The second kappa shape index (κ2) is 5.76. The lowest BCUT2D eigenvalue weighted by atomic mass is 10.1. The minimum atomic E-state index is 1.12. The molecule has 1 heteroatoms. The van der Waals surface area contributed by atoms with Gasteiger partial charge in [0.05, 0.1) is 0 Å². The molecule has 0 nitrogen and oxygen atoms in total. The Morgan fingerprint density at radius 1 is 1.15 bits per heavy atom. The maximum absolute atomic E-state index is 3.91. The molecule has 0 amide bonds. The first-order chi connectivity index (χ1) is 6.13. The molecule has 0 aliphatic carbocycles. The van der Waals surface area contributed by atoms with Crippen LogP contribution >= 0.6 is 11.3 Å². The third-order valence-electron chi connectivity index (χ3n) is 1.51. The average Bonchev–Trinajstić information content (AvgIpc) is 2.55. The van der Waals surface area contributed by atoms with Crippen LogP contribution in [-0.4, -0.2) is 0 Å². The van der Waals surface area contributed by atoms with E-state index in [0.29, 0.717) is 0 Å². The smallest absolute Gasteiger partial charge is 0.0368 e. The summed E-state index contributed by atoms with van der Waals surface area (Å²) in [5.74, 6) is 0. The molecule has 0 N–H and O–H groups in total. The molecule has 1 aromatic rings. The number of hydrogen-bond acceptors (Lipinski definition) is 1. The van der Waals surface area contributed by atoms with Crippen LogP contribution in [0.15, 0.2) is 24.6 Å². The molecular formula is C12H18S. The summed E-state index contributed by atoms with van der Waals surface area (Å²) in [7, 11) is 0. The highest BCUT2D eigenvalue weighted by Crippen LogP contribution is 2.28. The Morgan fingerprint density at radius 2 is 1.69 bits per heavy atom. The van der Waals surface area contributed by atoms with Crippen molar-refractivity contribution in [3.63, 3.8) is 0 Å². The minimum absolute atomic E-state index is 1.12. The third-order valence-corrected chi connectivity index (χ3v) is 2.59. The SMILES string of the molecule is C=C(C)c1ccsc1C(=C)C.CC. The van der Waals surface area contributed by atoms with Gasteiger partial charge >= 0.3 is 0 Å². The van der Waals surface area contributed by atoms with Gasteiger partial charge in [-0.1, -0.05) is 27.0 Å². The molecule has 1 aromatic heterocycles. The van der Waals surface area contributed by atoms with E-state index in [4.69, 9.17) is 0 Å². The van der Waals surface area contributed by atoms with Crippen LogP contribution in [0.1, 0.15) is 38.1 Å². The molecule has 0 unspecified atom stereocenters. The summed E-state index contributed by atoms with van der Waals surface area (Å²) in [6, 6.07) is 2.09. The second-order valence-electron chi connectivity index (χ2n) is 2.72. The lowest BCUT2D eigenvalue weighted by Gasteiger charge is -2.00. The van der Waals surface area contributed by atoms with E-state index in [2.05, 4.69) is 24.6 Å². The fourth-order valence-electron chi connectivity index (χ4n) is 0.976. The molecule has 0 aromatic carbocycles. The van der Waals surface area contributed by atoms with Gasteiger partial charge < -0.3 is 0 Å². The number of allylic oxidation sites excluding steroid dienone is 2. The van der Waals surface area contributed by atoms with E-state index in [-0.39, 0.29) is 0 Å². The van der Waals surface area contributed by atoms with Gasteiger partial charge in [0.15, 0.2) is 0 Å². The Balaban J connectivity index is 0.000000671. The zero-order valence-electron chi connectivity index (χ0n) is 8.98. The van der Waals surface area contributed by atoms with Crippen molar-refractivity contribution in [1.29, 1.82) is 0 Å². The van der Waals surface area contributed by atoms with Crippen molar-refractivity contribution in [1.82, 2.24) is 0 Å². The molecule has 1 heterocycles. The second-order valence-corrected chi connectivity index (χ2v) is 3.64. The Labute approximate surface area is 85.6 Å². The number of thiophene rings is 1. The van der Waals surface area contributed by atoms with Crippen LogP contribution < -0.4 is 0 Å². The first-order valence-electron chi connectivity index (χ1n) is 4.52. The van der Waals surface area contributed by atoms with Gasteiger partial charge in [-0.2, -0.15) is 0 Å². The highest BCUT2D eigenvalue weighted by molar-refractivity contribution is 7.11. The number of rotatable bonds is 2. The predicted octanol–water partition coefficient (Wildman–Crippen LogP) is 4.84. The van der Waals surface area contributed by atoms with E-state index >= 15 is 0 Å². The Hall–Kier alpha value is -0.820. The van der Waals surface area contributed by atoms with E-state index in [1.807, 2.05) is 27.7 Å². The summed E-state index contributed by atoms with van der Waals surface area (Å²) in [5, 5.41) is 2.08. The van der Waals surface area contributed by atoms with E-state index in [1.165, 1.54) is 10.4 Å². The van der Waals surface area contributed by atoms with Crippen molar-refractivity contribution in [2.45, 2.75) is 27.7 Å². The Bertz CT molecular complexity index is 263. The molecule has 0 saturated heterocycles. The normalized spacial score (nSPS) is 8.62. The van der Waals surface area contributed by atoms with Crippen molar-refractivity contribution in [3.05, 3.63) is 35.0 Å². The third kappa shape index (κ3) is 3.19.